The number of carbonyl (C=O) groups excluding carboxylic acids is 1. The summed E-state index contributed by atoms with van der Waals surface area (Å²) in [5.41, 5.74) is -0.218. The fourth-order valence-electron chi connectivity index (χ4n) is 3.86. The topological polar surface area (TPSA) is 121 Å². The van der Waals surface area contributed by atoms with Crippen LogP contribution in [0.4, 0.5) is 5.69 Å². The van der Waals surface area contributed by atoms with Crippen molar-refractivity contribution in [2.24, 2.45) is 11.3 Å². The lowest BCUT2D eigenvalue weighted by Crippen LogP contribution is -2.08. The quantitative estimate of drug-likeness (QED) is 0.340. The molecule has 4 rings (SSSR count). The molecule has 1 heterocycles. The van der Waals surface area contributed by atoms with Gasteiger partial charge < -0.3 is 0 Å². The molecule has 0 bridgehead atoms. The Morgan fingerprint density at radius 1 is 1.13 bits per heavy atom. The number of rotatable bonds is 5. The number of aryl methyl sites for hydroxylation is 1. The largest absolute Gasteiger partial charge is 0.293 e. The third-order valence-electron chi connectivity index (χ3n) is 5.37. The Labute approximate surface area is 176 Å². The van der Waals surface area contributed by atoms with Crippen LogP contribution in [-0.2, 0) is 0 Å². The van der Waals surface area contributed by atoms with Crippen molar-refractivity contribution in [2.45, 2.75) is 12.8 Å². The normalized spacial score (nSPS) is 18.8. The number of hydrogen-bond acceptors (Lipinski definition) is 7. The van der Waals surface area contributed by atoms with Gasteiger partial charge in [0.05, 0.1) is 33.6 Å². The van der Waals surface area contributed by atoms with Gasteiger partial charge in [-0.05, 0) is 6.92 Å². The number of aromatic nitrogens is 1. The second-order valence-electron chi connectivity index (χ2n) is 7.03. The zero-order valence-corrected chi connectivity index (χ0v) is 16.6. The second-order valence-corrected chi connectivity index (χ2v) is 8.03. The van der Waals surface area contributed by atoms with Crippen molar-refractivity contribution >= 4 is 22.8 Å². The van der Waals surface area contributed by atoms with Gasteiger partial charge in [-0.2, -0.15) is 10.5 Å². The van der Waals surface area contributed by atoms with E-state index in [1.807, 2.05) is 42.5 Å². The third kappa shape index (κ3) is 2.86. The van der Waals surface area contributed by atoms with E-state index < -0.39 is 22.2 Å². The summed E-state index contributed by atoms with van der Waals surface area (Å²) in [7, 11) is 0. The van der Waals surface area contributed by atoms with E-state index >= 15 is 0 Å². The van der Waals surface area contributed by atoms with Crippen molar-refractivity contribution in [1.29, 1.82) is 10.5 Å². The smallest absolute Gasteiger partial charge is 0.272 e. The van der Waals surface area contributed by atoms with Crippen LogP contribution < -0.4 is 0 Å². The standard InChI is InChI=1S/C22H14N4O3S/c1-13-20(30-21(25-13)14-7-3-2-4-8-14)19(27)18-17(22(18,11-23)12-24)15-9-5-6-10-16(15)26(28)29/h2-10,17-18H,1H3/t17-,18-/m1/s1. The third-order valence-corrected chi connectivity index (χ3v) is 6.59. The number of nitro benzene ring substituents is 1. The van der Waals surface area contributed by atoms with Crippen LogP contribution in [0.1, 0.15) is 26.8 Å². The summed E-state index contributed by atoms with van der Waals surface area (Å²) in [5, 5.41) is 31.6. The van der Waals surface area contributed by atoms with Gasteiger partial charge in [0.15, 0.2) is 11.2 Å². The maximum Gasteiger partial charge on any atom is 0.272 e. The van der Waals surface area contributed by atoms with Crippen LogP contribution in [0.3, 0.4) is 0 Å². The van der Waals surface area contributed by atoms with E-state index in [2.05, 4.69) is 4.98 Å². The number of nitro groups is 1. The molecule has 1 aromatic heterocycles. The summed E-state index contributed by atoms with van der Waals surface area (Å²) >= 11 is 1.21. The van der Waals surface area contributed by atoms with Crippen molar-refractivity contribution in [2.75, 3.05) is 0 Å². The maximum atomic E-state index is 13.4. The van der Waals surface area contributed by atoms with Crippen LogP contribution >= 0.6 is 11.3 Å². The van der Waals surface area contributed by atoms with E-state index in [-0.39, 0.29) is 17.0 Å². The highest BCUT2D eigenvalue weighted by Crippen LogP contribution is 2.66. The monoisotopic (exact) mass is 414 g/mol. The molecule has 0 radical (unpaired) electrons. The van der Waals surface area contributed by atoms with Crippen molar-refractivity contribution in [3.8, 4) is 22.7 Å². The Hall–Kier alpha value is -3.88. The van der Waals surface area contributed by atoms with Crippen LogP contribution in [-0.4, -0.2) is 15.7 Å². The molecule has 0 aliphatic heterocycles. The Balaban J connectivity index is 1.76. The van der Waals surface area contributed by atoms with Crippen molar-refractivity contribution < 1.29 is 9.72 Å². The lowest BCUT2D eigenvalue weighted by atomic mass is 10.0. The molecule has 1 aliphatic rings. The minimum Gasteiger partial charge on any atom is -0.293 e. The number of para-hydroxylation sites is 1. The highest BCUT2D eigenvalue weighted by molar-refractivity contribution is 7.17. The Morgan fingerprint density at radius 3 is 2.40 bits per heavy atom. The van der Waals surface area contributed by atoms with Gasteiger partial charge in [-0.15, -0.1) is 11.3 Å². The van der Waals surface area contributed by atoms with Gasteiger partial charge in [-0.3, -0.25) is 14.9 Å². The Kier molecular flexibility index (Phi) is 4.65. The molecule has 1 fully saturated rings. The number of Topliss-reactive ketones (excluding diaryl/α,β-unsaturated/α-hetero) is 1. The summed E-state index contributed by atoms with van der Waals surface area (Å²) in [6, 6.07) is 19.2. The van der Waals surface area contributed by atoms with Gasteiger partial charge in [0.1, 0.15) is 5.01 Å². The molecule has 0 unspecified atom stereocenters. The number of nitrogens with zero attached hydrogens (tertiary/aromatic N) is 4. The van der Waals surface area contributed by atoms with Gasteiger partial charge in [0.2, 0.25) is 0 Å². The first-order valence-corrected chi connectivity index (χ1v) is 9.89. The van der Waals surface area contributed by atoms with Gasteiger partial charge in [-0.25, -0.2) is 4.98 Å². The lowest BCUT2D eigenvalue weighted by Gasteiger charge is -2.01. The zero-order valence-electron chi connectivity index (χ0n) is 15.8. The summed E-state index contributed by atoms with van der Waals surface area (Å²) in [6.07, 6.45) is 0. The predicted molar refractivity (Wildman–Crippen MR) is 110 cm³/mol. The van der Waals surface area contributed by atoms with E-state index in [1.165, 1.54) is 29.5 Å². The number of benzene rings is 2. The molecule has 30 heavy (non-hydrogen) atoms. The lowest BCUT2D eigenvalue weighted by molar-refractivity contribution is -0.385. The summed E-state index contributed by atoms with van der Waals surface area (Å²) < 4.78 is 0. The molecule has 0 saturated heterocycles. The van der Waals surface area contributed by atoms with Gasteiger partial charge >= 0.3 is 0 Å². The van der Waals surface area contributed by atoms with Crippen molar-refractivity contribution in [1.82, 2.24) is 4.98 Å². The van der Waals surface area contributed by atoms with Crippen LogP contribution in [0, 0.1) is 51.0 Å². The molecule has 8 heteroatoms. The minimum absolute atomic E-state index is 0.196. The number of carbonyl (C=O) groups is 1. The molecule has 146 valence electrons. The molecule has 2 atom stereocenters. The highest BCUT2D eigenvalue weighted by Gasteiger charge is 2.72. The SMILES string of the molecule is Cc1nc(-c2ccccc2)sc1C(=O)[C@H]1[C@@H](c2ccccc2[N+](=O)[O-])C1(C#N)C#N. The van der Waals surface area contributed by atoms with Crippen LogP contribution in [0.2, 0.25) is 0 Å². The molecular formula is C22H14N4O3S. The average Bonchev–Trinajstić information content (AvgIpc) is 3.30. The van der Waals surface area contributed by atoms with Crippen LogP contribution in [0.15, 0.2) is 54.6 Å². The van der Waals surface area contributed by atoms with E-state index in [4.69, 9.17) is 0 Å². The van der Waals surface area contributed by atoms with Crippen LogP contribution in [0.25, 0.3) is 10.6 Å². The predicted octanol–water partition coefficient (Wildman–Crippen LogP) is 4.66. The first-order chi connectivity index (χ1) is 14.4. The molecule has 1 saturated carbocycles. The fraction of sp³-hybridized carbons (Fsp3) is 0.182. The molecular weight excluding hydrogens is 400 g/mol. The zero-order chi connectivity index (χ0) is 21.5. The summed E-state index contributed by atoms with van der Waals surface area (Å²) in [6.45, 7) is 1.71. The highest BCUT2D eigenvalue weighted by atomic mass is 32.1. The van der Waals surface area contributed by atoms with Gasteiger partial charge in [0.25, 0.3) is 5.69 Å². The summed E-state index contributed by atoms with van der Waals surface area (Å²) in [4.78, 5) is 29.1. The number of ketones is 1. The Morgan fingerprint density at radius 2 is 1.77 bits per heavy atom. The number of hydrogen-bond donors (Lipinski definition) is 0. The molecule has 1 aliphatic carbocycles. The number of thiazole rings is 1. The van der Waals surface area contributed by atoms with E-state index in [0.29, 0.717) is 15.6 Å². The first-order valence-electron chi connectivity index (χ1n) is 9.07. The van der Waals surface area contributed by atoms with Gasteiger partial charge in [-0.1, -0.05) is 48.5 Å². The fourth-order valence-corrected chi connectivity index (χ4v) is 4.91. The van der Waals surface area contributed by atoms with Crippen LogP contribution in [0.5, 0.6) is 0 Å². The number of nitriles is 2. The minimum atomic E-state index is -1.63. The van der Waals surface area contributed by atoms with E-state index in [9.17, 15) is 25.4 Å². The van der Waals surface area contributed by atoms with E-state index in [0.717, 1.165) is 5.56 Å². The average molecular weight is 414 g/mol. The molecule has 7 nitrogen and oxygen atoms in total. The first kappa shape index (κ1) is 19.4. The van der Waals surface area contributed by atoms with Gasteiger partial charge in [0, 0.05) is 23.1 Å². The van der Waals surface area contributed by atoms with E-state index in [1.54, 1.807) is 13.0 Å². The molecule has 0 spiro atoms. The maximum absolute atomic E-state index is 13.4. The summed E-state index contributed by atoms with van der Waals surface area (Å²) in [5.74, 6) is -2.21. The Bertz CT molecular complexity index is 1240. The second kappa shape index (κ2) is 7.18. The van der Waals surface area contributed by atoms with Crippen molar-refractivity contribution in [3.05, 3.63) is 80.8 Å². The molecule has 0 N–H and O–H groups in total. The van der Waals surface area contributed by atoms with Crippen molar-refractivity contribution in [3.63, 3.8) is 0 Å². The molecule has 2 aromatic carbocycles. The molecule has 0 amide bonds. The molecule has 3 aromatic rings.